The van der Waals surface area contributed by atoms with Gasteiger partial charge in [-0.1, -0.05) is 25.1 Å². The highest BCUT2D eigenvalue weighted by Gasteiger charge is 2.16. The third-order valence-corrected chi connectivity index (χ3v) is 4.02. The topological polar surface area (TPSA) is 88.9 Å². The number of H-pyrrole nitrogens is 1. The molecule has 0 atom stereocenters. The van der Waals surface area contributed by atoms with E-state index in [2.05, 4.69) is 10.5 Å². The predicted molar refractivity (Wildman–Crippen MR) is 92.3 cm³/mol. The molecule has 2 N–H and O–H groups in total. The first-order valence-electron chi connectivity index (χ1n) is 7.67. The molecule has 0 spiro atoms. The molecule has 7 nitrogen and oxygen atoms in total. The van der Waals surface area contributed by atoms with Crippen molar-refractivity contribution in [3.8, 4) is 5.69 Å². The Bertz CT molecular complexity index is 1060. The molecule has 1 amide bonds. The lowest BCUT2D eigenvalue weighted by Crippen LogP contribution is -2.34. The third kappa shape index (κ3) is 2.44. The number of aromatic nitrogens is 3. The number of aromatic amines is 1. The molecule has 0 unspecified atom stereocenters. The first kappa shape index (κ1) is 15.8. The van der Waals surface area contributed by atoms with E-state index in [1.807, 2.05) is 31.2 Å². The van der Waals surface area contributed by atoms with E-state index in [9.17, 15) is 14.4 Å². The molecule has 0 bridgehead atoms. The van der Waals surface area contributed by atoms with Gasteiger partial charge in [0.2, 0.25) is 5.91 Å². The first-order valence-corrected chi connectivity index (χ1v) is 7.67. The largest absolute Gasteiger partial charge is 0.290 e. The molecule has 2 aromatic heterocycles. The maximum atomic E-state index is 12.8. The Labute approximate surface area is 137 Å². The molecule has 0 aliphatic heterocycles. The number of nitrogens with one attached hydrogen (secondary N) is 2. The van der Waals surface area contributed by atoms with E-state index in [0.717, 1.165) is 15.9 Å². The molecule has 7 heteroatoms. The summed E-state index contributed by atoms with van der Waals surface area (Å²) in [5.41, 5.74) is 4.32. The molecule has 2 heterocycles. The van der Waals surface area contributed by atoms with Gasteiger partial charge < -0.3 is 0 Å². The summed E-state index contributed by atoms with van der Waals surface area (Å²) in [6.07, 6.45) is 0.241. The molecule has 124 valence electrons. The van der Waals surface area contributed by atoms with Crippen LogP contribution in [0.5, 0.6) is 0 Å². The van der Waals surface area contributed by atoms with Crippen LogP contribution in [0.15, 0.2) is 39.9 Å². The van der Waals surface area contributed by atoms with Gasteiger partial charge in [-0.25, -0.2) is 9.36 Å². The summed E-state index contributed by atoms with van der Waals surface area (Å²) in [7, 11) is 0. The Morgan fingerprint density at radius 2 is 1.92 bits per heavy atom. The van der Waals surface area contributed by atoms with Crippen LogP contribution in [-0.2, 0) is 4.79 Å². The summed E-state index contributed by atoms with van der Waals surface area (Å²) in [5, 5.41) is 3.34. The Balaban J connectivity index is 2.29. The van der Waals surface area contributed by atoms with Gasteiger partial charge >= 0.3 is 0 Å². The second kappa shape index (κ2) is 5.84. The van der Waals surface area contributed by atoms with Crippen molar-refractivity contribution in [3.05, 3.63) is 62.3 Å². The van der Waals surface area contributed by atoms with E-state index in [4.69, 9.17) is 0 Å². The number of amides is 1. The van der Waals surface area contributed by atoms with Gasteiger partial charge in [-0.3, -0.25) is 24.9 Å². The van der Waals surface area contributed by atoms with Crippen LogP contribution in [0, 0.1) is 13.8 Å². The van der Waals surface area contributed by atoms with Crippen LogP contribution in [0.1, 0.15) is 24.6 Å². The molecular weight excluding hydrogens is 308 g/mol. The fraction of sp³-hybridized carbons (Fsp3) is 0.235. The average molecular weight is 326 g/mol. The van der Waals surface area contributed by atoms with Crippen LogP contribution in [-0.4, -0.2) is 20.4 Å². The van der Waals surface area contributed by atoms with Crippen LogP contribution in [0.25, 0.3) is 16.6 Å². The zero-order valence-electron chi connectivity index (χ0n) is 13.7. The molecule has 0 aliphatic carbocycles. The predicted octanol–water partition coefficient (Wildman–Crippen LogP) is 1.58. The molecule has 0 radical (unpaired) electrons. The molecule has 24 heavy (non-hydrogen) atoms. The van der Waals surface area contributed by atoms with E-state index in [1.54, 1.807) is 13.8 Å². The van der Waals surface area contributed by atoms with Crippen molar-refractivity contribution in [2.45, 2.75) is 27.2 Å². The maximum absolute atomic E-state index is 12.8. The Hall–Kier alpha value is -3.09. The second-order valence-corrected chi connectivity index (χ2v) is 5.62. The zero-order valence-corrected chi connectivity index (χ0v) is 13.7. The van der Waals surface area contributed by atoms with E-state index >= 15 is 0 Å². The summed E-state index contributed by atoms with van der Waals surface area (Å²) in [5.74, 6) is -0.297. The number of aryl methyl sites for hydroxylation is 2. The number of hydrogen-bond acceptors (Lipinski definition) is 3. The fourth-order valence-electron chi connectivity index (χ4n) is 2.70. The summed E-state index contributed by atoms with van der Waals surface area (Å²) in [6, 6.07) is 8.78. The number of nitrogens with zero attached hydrogens (tertiary/aromatic N) is 2. The molecule has 0 fully saturated rings. The Morgan fingerprint density at radius 3 is 2.58 bits per heavy atom. The number of carbonyl (C=O) groups excluding carboxylic acids is 1. The molecule has 3 rings (SSSR count). The Kier molecular flexibility index (Phi) is 3.84. The standard InChI is InChI=1S/C17H18N4O3/c1-4-14(22)19-20-11(3)16-12(9-15(20)23)18-21(17(16)24)13-8-6-5-7-10(13)2/h5-9,18H,4H2,1-3H3,(H,19,22). The summed E-state index contributed by atoms with van der Waals surface area (Å²) in [4.78, 5) is 36.7. The van der Waals surface area contributed by atoms with Crippen molar-refractivity contribution < 1.29 is 4.79 Å². The van der Waals surface area contributed by atoms with Crippen molar-refractivity contribution in [1.82, 2.24) is 14.5 Å². The highest BCUT2D eigenvalue weighted by molar-refractivity contribution is 5.85. The number of rotatable bonds is 3. The van der Waals surface area contributed by atoms with Crippen molar-refractivity contribution in [1.29, 1.82) is 0 Å². The van der Waals surface area contributed by atoms with Gasteiger partial charge in [0, 0.05) is 12.5 Å². The molecule has 0 saturated carbocycles. The van der Waals surface area contributed by atoms with Crippen LogP contribution < -0.4 is 16.5 Å². The monoisotopic (exact) mass is 326 g/mol. The highest BCUT2D eigenvalue weighted by atomic mass is 16.2. The van der Waals surface area contributed by atoms with Crippen LogP contribution in [0.3, 0.4) is 0 Å². The van der Waals surface area contributed by atoms with E-state index < -0.39 is 5.56 Å². The quantitative estimate of drug-likeness (QED) is 0.766. The van der Waals surface area contributed by atoms with Crippen molar-refractivity contribution in [3.63, 3.8) is 0 Å². The SMILES string of the molecule is CCC(=O)Nn1c(C)c2c(=O)n(-c3ccccc3C)[nH]c2cc1=O. The third-order valence-electron chi connectivity index (χ3n) is 4.02. The minimum atomic E-state index is -0.403. The van der Waals surface area contributed by atoms with Crippen molar-refractivity contribution >= 4 is 16.8 Å². The normalized spacial score (nSPS) is 11.0. The van der Waals surface area contributed by atoms with Crippen LogP contribution in [0.4, 0.5) is 0 Å². The van der Waals surface area contributed by atoms with Gasteiger partial charge in [0.15, 0.2) is 0 Å². The molecule has 1 aromatic carbocycles. The lowest BCUT2D eigenvalue weighted by atomic mass is 10.2. The van der Waals surface area contributed by atoms with Gasteiger partial charge in [0.1, 0.15) is 0 Å². The van der Waals surface area contributed by atoms with Gasteiger partial charge in [0.05, 0.1) is 22.3 Å². The van der Waals surface area contributed by atoms with E-state index in [0.29, 0.717) is 16.6 Å². The number of para-hydroxylation sites is 1. The molecule has 0 saturated heterocycles. The van der Waals surface area contributed by atoms with Crippen LogP contribution >= 0.6 is 0 Å². The second-order valence-electron chi connectivity index (χ2n) is 5.62. The van der Waals surface area contributed by atoms with Gasteiger partial charge in [-0.05, 0) is 25.5 Å². The van der Waals surface area contributed by atoms with E-state index in [-0.39, 0.29) is 17.9 Å². The smallest absolute Gasteiger partial charge is 0.280 e. The number of pyridine rings is 1. The minimum absolute atomic E-state index is 0.241. The van der Waals surface area contributed by atoms with Crippen molar-refractivity contribution in [2.24, 2.45) is 0 Å². The van der Waals surface area contributed by atoms with Gasteiger partial charge in [0.25, 0.3) is 11.1 Å². The maximum Gasteiger partial charge on any atom is 0.280 e. The van der Waals surface area contributed by atoms with E-state index in [1.165, 1.54) is 10.7 Å². The number of hydrogen-bond donors (Lipinski definition) is 2. The number of carbonyl (C=O) groups is 1. The molecule has 0 aliphatic rings. The summed E-state index contributed by atoms with van der Waals surface area (Å²) < 4.78 is 2.53. The lowest BCUT2D eigenvalue weighted by Gasteiger charge is -2.10. The fourth-order valence-corrected chi connectivity index (χ4v) is 2.70. The molecule has 3 aromatic rings. The van der Waals surface area contributed by atoms with Crippen molar-refractivity contribution in [2.75, 3.05) is 5.43 Å². The first-order chi connectivity index (χ1) is 11.4. The average Bonchev–Trinajstić information content (AvgIpc) is 2.88. The number of benzene rings is 1. The number of fused-ring (bicyclic) bond motifs is 1. The Morgan fingerprint density at radius 1 is 1.21 bits per heavy atom. The van der Waals surface area contributed by atoms with Crippen LogP contribution in [0.2, 0.25) is 0 Å². The highest BCUT2D eigenvalue weighted by Crippen LogP contribution is 2.15. The zero-order chi connectivity index (χ0) is 17.4. The summed E-state index contributed by atoms with van der Waals surface area (Å²) in [6.45, 7) is 5.23. The molecular formula is C17H18N4O3. The summed E-state index contributed by atoms with van der Waals surface area (Å²) >= 11 is 0. The minimum Gasteiger partial charge on any atom is -0.290 e. The van der Waals surface area contributed by atoms with Gasteiger partial charge in [-0.15, -0.1) is 0 Å². The van der Waals surface area contributed by atoms with Gasteiger partial charge in [-0.2, -0.15) is 0 Å². The lowest BCUT2D eigenvalue weighted by molar-refractivity contribution is -0.116.